The van der Waals surface area contributed by atoms with E-state index in [0.29, 0.717) is 19.0 Å². The van der Waals surface area contributed by atoms with E-state index in [2.05, 4.69) is 20.3 Å². The third kappa shape index (κ3) is 4.99. The van der Waals surface area contributed by atoms with Gasteiger partial charge in [0.2, 0.25) is 10.0 Å². The van der Waals surface area contributed by atoms with Gasteiger partial charge in [0.25, 0.3) is 0 Å². The first kappa shape index (κ1) is 20.8. The molecule has 0 unspecified atom stereocenters. The summed E-state index contributed by atoms with van der Waals surface area (Å²) in [5.74, 6) is 0.448. The van der Waals surface area contributed by atoms with Gasteiger partial charge in [0.1, 0.15) is 5.82 Å². The van der Waals surface area contributed by atoms with Gasteiger partial charge >= 0.3 is 0 Å². The Bertz CT molecular complexity index is 1030. The van der Waals surface area contributed by atoms with Crippen LogP contribution in [0.15, 0.2) is 58.4 Å². The first-order valence-electron chi connectivity index (χ1n) is 10.2. The van der Waals surface area contributed by atoms with Crippen LogP contribution in [0.1, 0.15) is 36.8 Å². The summed E-state index contributed by atoms with van der Waals surface area (Å²) in [5.41, 5.74) is 1.93. The van der Waals surface area contributed by atoms with E-state index in [-0.39, 0.29) is 22.2 Å². The number of hydrogen-bond donors (Lipinski definition) is 3. The highest BCUT2D eigenvalue weighted by molar-refractivity contribution is 7.89. The SMILES string of the molecule is CN=C(NCc1ccc(S(=O)(=O)NC2CC2)cc1)NCC1(c2cccc(F)c2)CC1. The van der Waals surface area contributed by atoms with Gasteiger partial charge in [0, 0.05) is 31.6 Å². The van der Waals surface area contributed by atoms with E-state index in [1.807, 2.05) is 6.07 Å². The van der Waals surface area contributed by atoms with Gasteiger partial charge in [-0.25, -0.2) is 17.5 Å². The van der Waals surface area contributed by atoms with Crippen LogP contribution in [0, 0.1) is 5.82 Å². The standard InChI is InChI=1S/C22H27FN4O2S/c1-24-21(26-15-22(11-12-22)17-3-2-4-18(23)13-17)25-14-16-5-9-20(10-6-16)30(28,29)27-19-7-8-19/h2-6,9-10,13,19,27H,7-8,11-12,14-15H2,1H3,(H2,24,25,26). The highest BCUT2D eigenvalue weighted by Gasteiger charge is 2.44. The van der Waals surface area contributed by atoms with Gasteiger partial charge < -0.3 is 10.6 Å². The van der Waals surface area contributed by atoms with Gasteiger partial charge in [0.05, 0.1) is 4.90 Å². The molecule has 0 spiro atoms. The van der Waals surface area contributed by atoms with E-state index in [9.17, 15) is 12.8 Å². The molecule has 4 rings (SSSR count). The smallest absolute Gasteiger partial charge is 0.240 e. The van der Waals surface area contributed by atoms with E-state index in [1.54, 1.807) is 43.4 Å². The number of rotatable bonds is 8. The maximum atomic E-state index is 13.6. The molecule has 2 fully saturated rings. The molecule has 2 saturated carbocycles. The lowest BCUT2D eigenvalue weighted by Crippen LogP contribution is -2.40. The molecule has 2 aromatic rings. The van der Waals surface area contributed by atoms with Crippen LogP contribution in [0.2, 0.25) is 0 Å². The number of hydrogen-bond acceptors (Lipinski definition) is 3. The first-order chi connectivity index (χ1) is 14.4. The van der Waals surface area contributed by atoms with Crippen molar-refractivity contribution in [3.05, 3.63) is 65.5 Å². The minimum atomic E-state index is -3.43. The van der Waals surface area contributed by atoms with Crippen molar-refractivity contribution >= 4 is 16.0 Å². The molecule has 0 radical (unpaired) electrons. The molecule has 0 saturated heterocycles. The molecule has 2 aliphatic carbocycles. The zero-order valence-corrected chi connectivity index (χ0v) is 17.8. The molecule has 6 nitrogen and oxygen atoms in total. The topological polar surface area (TPSA) is 82.6 Å². The van der Waals surface area contributed by atoms with Crippen molar-refractivity contribution in [3.63, 3.8) is 0 Å². The fourth-order valence-electron chi connectivity index (χ4n) is 3.47. The summed E-state index contributed by atoms with van der Waals surface area (Å²) in [6, 6.07) is 13.7. The van der Waals surface area contributed by atoms with Crippen LogP contribution < -0.4 is 15.4 Å². The molecular formula is C22H27FN4O2S. The average Bonchev–Trinajstić information content (AvgIpc) is 3.65. The summed E-state index contributed by atoms with van der Waals surface area (Å²) in [5, 5.41) is 6.58. The maximum absolute atomic E-state index is 13.6. The maximum Gasteiger partial charge on any atom is 0.240 e. The van der Waals surface area contributed by atoms with E-state index in [0.717, 1.165) is 36.8 Å². The lowest BCUT2D eigenvalue weighted by atomic mass is 9.96. The molecular weight excluding hydrogens is 403 g/mol. The molecule has 30 heavy (non-hydrogen) atoms. The molecule has 0 atom stereocenters. The van der Waals surface area contributed by atoms with Gasteiger partial charge in [-0.3, -0.25) is 4.99 Å². The van der Waals surface area contributed by atoms with Gasteiger partial charge in [-0.05, 0) is 61.1 Å². The third-order valence-electron chi connectivity index (χ3n) is 5.70. The average molecular weight is 431 g/mol. The number of sulfonamides is 1. The molecule has 160 valence electrons. The fraction of sp³-hybridized carbons (Fsp3) is 0.409. The van der Waals surface area contributed by atoms with Crippen molar-refractivity contribution < 1.29 is 12.8 Å². The Hall–Kier alpha value is -2.45. The number of nitrogens with one attached hydrogen (secondary N) is 3. The Labute approximate surface area is 177 Å². The fourth-order valence-corrected chi connectivity index (χ4v) is 4.78. The second-order valence-electron chi connectivity index (χ2n) is 8.11. The molecule has 2 aromatic carbocycles. The van der Waals surface area contributed by atoms with Crippen molar-refractivity contribution in [3.8, 4) is 0 Å². The summed E-state index contributed by atoms with van der Waals surface area (Å²) in [7, 11) is -1.73. The van der Waals surface area contributed by atoms with E-state index < -0.39 is 10.0 Å². The second kappa shape index (κ2) is 8.35. The zero-order valence-electron chi connectivity index (χ0n) is 17.0. The number of halogens is 1. The Morgan fingerprint density at radius 1 is 1.13 bits per heavy atom. The molecule has 8 heteroatoms. The van der Waals surface area contributed by atoms with Gasteiger partial charge in [-0.2, -0.15) is 0 Å². The Kier molecular flexibility index (Phi) is 5.79. The van der Waals surface area contributed by atoms with Gasteiger partial charge in [-0.15, -0.1) is 0 Å². The van der Waals surface area contributed by atoms with Crippen LogP contribution in [0.3, 0.4) is 0 Å². The Balaban J connectivity index is 1.30. The Morgan fingerprint density at radius 2 is 1.87 bits per heavy atom. The molecule has 0 amide bonds. The van der Waals surface area contributed by atoms with Crippen molar-refractivity contribution in [1.82, 2.24) is 15.4 Å². The zero-order chi connectivity index (χ0) is 21.2. The summed E-state index contributed by atoms with van der Waals surface area (Å²) in [6.45, 7) is 1.20. The van der Waals surface area contributed by atoms with Crippen LogP contribution >= 0.6 is 0 Å². The van der Waals surface area contributed by atoms with Crippen LogP contribution in [0.25, 0.3) is 0 Å². The number of nitrogens with zero attached hydrogens (tertiary/aromatic N) is 1. The lowest BCUT2D eigenvalue weighted by molar-refractivity contribution is 0.581. The van der Waals surface area contributed by atoms with Crippen molar-refractivity contribution in [2.24, 2.45) is 4.99 Å². The number of guanidine groups is 1. The third-order valence-corrected chi connectivity index (χ3v) is 7.24. The van der Waals surface area contributed by atoms with Crippen molar-refractivity contribution in [2.75, 3.05) is 13.6 Å². The van der Waals surface area contributed by atoms with E-state index >= 15 is 0 Å². The van der Waals surface area contributed by atoms with Gasteiger partial charge in [-0.1, -0.05) is 24.3 Å². The molecule has 2 aliphatic rings. The predicted octanol–water partition coefficient (Wildman–Crippen LogP) is 2.66. The molecule has 0 aliphatic heterocycles. The first-order valence-corrected chi connectivity index (χ1v) is 11.7. The summed E-state index contributed by atoms with van der Waals surface area (Å²) in [6.07, 6.45) is 3.86. The van der Waals surface area contributed by atoms with Crippen LogP contribution in [-0.4, -0.2) is 34.0 Å². The minimum absolute atomic E-state index is 0.0374. The quantitative estimate of drug-likeness (QED) is 0.444. The second-order valence-corrected chi connectivity index (χ2v) is 9.82. The molecule has 0 heterocycles. The molecule has 0 bridgehead atoms. The molecule has 3 N–H and O–H groups in total. The van der Waals surface area contributed by atoms with Crippen LogP contribution in [-0.2, 0) is 22.0 Å². The molecule has 0 aromatic heterocycles. The predicted molar refractivity (Wildman–Crippen MR) is 115 cm³/mol. The monoisotopic (exact) mass is 430 g/mol. The van der Waals surface area contributed by atoms with Crippen LogP contribution in [0.5, 0.6) is 0 Å². The van der Waals surface area contributed by atoms with Gasteiger partial charge in [0.15, 0.2) is 5.96 Å². The highest BCUT2D eigenvalue weighted by atomic mass is 32.2. The van der Waals surface area contributed by atoms with Crippen molar-refractivity contribution in [1.29, 1.82) is 0 Å². The lowest BCUT2D eigenvalue weighted by Gasteiger charge is -2.19. The van der Waals surface area contributed by atoms with Crippen LogP contribution in [0.4, 0.5) is 4.39 Å². The largest absolute Gasteiger partial charge is 0.356 e. The number of aliphatic imine (C=N–C) groups is 1. The Morgan fingerprint density at radius 3 is 2.47 bits per heavy atom. The number of benzene rings is 2. The van der Waals surface area contributed by atoms with E-state index in [4.69, 9.17) is 0 Å². The highest BCUT2D eigenvalue weighted by Crippen LogP contribution is 2.47. The summed E-state index contributed by atoms with van der Waals surface area (Å²) in [4.78, 5) is 4.54. The summed E-state index contributed by atoms with van der Waals surface area (Å²) < 4.78 is 40.8. The van der Waals surface area contributed by atoms with E-state index in [1.165, 1.54) is 6.07 Å². The van der Waals surface area contributed by atoms with Crippen molar-refractivity contribution in [2.45, 2.75) is 48.6 Å². The minimum Gasteiger partial charge on any atom is -0.356 e. The summed E-state index contributed by atoms with van der Waals surface area (Å²) >= 11 is 0. The normalized spacial score (nSPS) is 18.1.